The van der Waals surface area contributed by atoms with E-state index in [1.165, 1.54) is 6.07 Å². The van der Waals surface area contributed by atoms with Crippen LogP contribution in [0.4, 0.5) is 0 Å². The smallest absolute Gasteiger partial charge is 0.354 e. The van der Waals surface area contributed by atoms with Gasteiger partial charge < -0.3 is 10.4 Å². The van der Waals surface area contributed by atoms with Crippen molar-refractivity contribution < 1.29 is 9.90 Å². The standard InChI is InChI=1S/C12H18N2O2/c1-4-12(2,3)13-8-9-6-5-7-10(14-9)11(15)16/h5-7,13H,4,8H2,1-3H3,(H,15,16). The molecule has 0 radical (unpaired) electrons. The quantitative estimate of drug-likeness (QED) is 0.800. The number of nitrogens with zero attached hydrogens (tertiary/aromatic N) is 1. The van der Waals surface area contributed by atoms with E-state index in [2.05, 4.69) is 31.1 Å². The van der Waals surface area contributed by atoms with E-state index in [4.69, 9.17) is 5.11 Å². The fourth-order valence-electron chi connectivity index (χ4n) is 1.15. The van der Waals surface area contributed by atoms with Crippen LogP contribution in [-0.4, -0.2) is 21.6 Å². The summed E-state index contributed by atoms with van der Waals surface area (Å²) in [6.07, 6.45) is 1.01. The van der Waals surface area contributed by atoms with Crippen molar-refractivity contribution in [3.05, 3.63) is 29.6 Å². The van der Waals surface area contributed by atoms with Crippen molar-refractivity contribution in [2.45, 2.75) is 39.3 Å². The first-order valence-corrected chi connectivity index (χ1v) is 5.39. The molecule has 0 aliphatic carbocycles. The van der Waals surface area contributed by atoms with E-state index in [-0.39, 0.29) is 11.2 Å². The Morgan fingerprint density at radius 3 is 2.75 bits per heavy atom. The van der Waals surface area contributed by atoms with Gasteiger partial charge in [-0.25, -0.2) is 9.78 Å². The van der Waals surface area contributed by atoms with E-state index in [0.717, 1.165) is 12.1 Å². The highest BCUT2D eigenvalue weighted by atomic mass is 16.4. The molecule has 0 amide bonds. The van der Waals surface area contributed by atoms with Gasteiger partial charge in [0.15, 0.2) is 0 Å². The van der Waals surface area contributed by atoms with Gasteiger partial charge in [-0.3, -0.25) is 0 Å². The van der Waals surface area contributed by atoms with Crippen molar-refractivity contribution in [1.82, 2.24) is 10.3 Å². The molecule has 0 atom stereocenters. The van der Waals surface area contributed by atoms with Gasteiger partial charge in [0.25, 0.3) is 0 Å². The molecule has 0 aliphatic rings. The number of carboxylic acids is 1. The maximum atomic E-state index is 10.7. The predicted octanol–water partition coefficient (Wildman–Crippen LogP) is 2.06. The van der Waals surface area contributed by atoms with Gasteiger partial charge in [-0.05, 0) is 32.4 Å². The number of rotatable bonds is 5. The number of hydrogen-bond acceptors (Lipinski definition) is 3. The molecular weight excluding hydrogens is 204 g/mol. The van der Waals surface area contributed by atoms with Gasteiger partial charge in [-0.1, -0.05) is 13.0 Å². The second-order valence-electron chi connectivity index (χ2n) is 4.41. The van der Waals surface area contributed by atoms with Crippen LogP contribution in [0.5, 0.6) is 0 Å². The molecule has 1 aromatic heterocycles. The van der Waals surface area contributed by atoms with Crippen molar-refractivity contribution in [2.75, 3.05) is 0 Å². The predicted molar refractivity (Wildman–Crippen MR) is 62.4 cm³/mol. The van der Waals surface area contributed by atoms with Gasteiger partial charge in [-0.2, -0.15) is 0 Å². The fraction of sp³-hybridized carbons (Fsp3) is 0.500. The number of carboxylic acid groups (broad SMARTS) is 1. The van der Waals surface area contributed by atoms with Crippen LogP contribution in [0.25, 0.3) is 0 Å². The first-order chi connectivity index (χ1) is 7.44. The van der Waals surface area contributed by atoms with Crippen molar-refractivity contribution in [1.29, 1.82) is 0 Å². The molecule has 0 saturated heterocycles. The highest BCUT2D eigenvalue weighted by Crippen LogP contribution is 2.08. The van der Waals surface area contributed by atoms with E-state index >= 15 is 0 Å². The summed E-state index contributed by atoms with van der Waals surface area (Å²) in [4.78, 5) is 14.8. The van der Waals surface area contributed by atoms with Gasteiger partial charge in [0.2, 0.25) is 0 Å². The summed E-state index contributed by atoms with van der Waals surface area (Å²) in [6, 6.07) is 5.04. The second kappa shape index (κ2) is 5.07. The molecule has 0 spiro atoms. The lowest BCUT2D eigenvalue weighted by Gasteiger charge is -2.24. The Hall–Kier alpha value is -1.42. The van der Waals surface area contributed by atoms with E-state index in [9.17, 15) is 4.79 Å². The van der Waals surface area contributed by atoms with E-state index < -0.39 is 5.97 Å². The van der Waals surface area contributed by atoms with E-state index in [1.807, 2.05) is 6.07 Å². The molecule has 1 heterocycles. The van der Waals surface area contributed by atoms with Crippen LogP contribution in [0, 0.1) is 0 Å². The first-order valence-electron chi connectivity index (χ1n) is 5.39. The molecule has 1 aromatic rings. The molecule has 4 heteroatoms. The Bertz CT molecular complexity index is 375. The molecule has 1 rings (SSSR count). The average Bonchev–Trinajstić information content (AvgIpc) is 2.27. The number of carbonyl (C=O) groups is 1. The molecule has 0 unspecified atom stereocenters. The molecule has 2 N–H and O–H groups in total. The first kappa shape index (κ1) is 12.6. The summed E-state index contributed by atoms with van der Waals surface area (Å²) in [5.74, 6) is -0.989. The van der Waals surface area contributed by atoms with Crippen LogP contribution in [0.2, 0.25) is 0 Å². The molecule has 88 valence electrons. The molecule has 0 aliphatic heterocycles. The third-order valence-corrected chi connectivity index (χ3v) is 2.66. The summed E-state index contributed by atoms with van der Waals surface area (Å²) >= 11 is 0. The normalized spacial score (nSPS) is 11.4. The van der Waals surface area contributed by atoms with Crippen LogP contribution in [0.15, 0.2) is 18.2 Å². The number of hydrogen-bond donors (Lipinski definition) is 2. The van der Waals surface area contributed by atoms with Crippen molar-refractivity contribution >= 4 is 5.97 Å². The second-order valence-corrected chi connectivity index (χ2v) is 4.41. The zero-order valence-corrected chi connectivity index (χ0v) is 9.95. The minimum absolute atomic E-state index is 0.0426. The molecule has 16 heavy (non-hydrogen) atoms. The largest absolute Gasteiger partial charge is 0.477 e. The molecule has 0 saturated carbocycles. The summed E-state index contributed by atoms with van der Waals surface area (Å²) in [7, 11) is 0. The summed E-state index contributed by atoms with van der Waals surface area (Å²) in [5.41, 5.74) is 0.885. The number of aromatic carboxylic acids is 1. The highest BCUT2D eigenvalue weighted by molar-refractivity contribution is 5.85. The Morgan fingerprint density at radius 2 is 2.19 bits per heavy atom. The van der Waals surface area contributed by atoms with Crippen molar-refractivity contribution in [2.24, 2.45) is 0 Å². The van der Waals surface area contributed by atoms with Gasteiger partial charge in [0.1, 0.15) is 5.69 Å². The summed E-state index contributed by atoms with van der Waals surface area (Å²) in [5, 5.41) is 12.1. The van der Waals surface area contributed by atoms with Crippen LogP contribution in [-0.2, 0) is 6.54 Å². The topological polar surface area (TPSA) is 62.2 Å². The lowest BCUT2D eigenvalue weighted by Crippen LogP contribution is -2.38. The zero-order valence-electron chi connectivity index (χ0n) is 9.95. The van der Waals surface area contributed by atoms with Crippen LogP contribution >= 0.6 is 0 Å². The van der Waals surface area contributed by atoms with Crippen molar-refractivity contribution in [3.63, 3.8) is 0 Å². The fourth-order valence-corrected chi connectivity index (χ4v) is 1.15. The van der Waals surface area contributed by atoms with Gasteiger partial charge in [0, 0.05) is 12.1 Å². The molecule has 0 aromatic carbocycles. The minimum Gasteiger partial charge on any atom is -0.477 e. The Kier molecular flexibility index (Phi) is 4.01. The van der Waals surface area contributed by atoms with Crippen molar-refractivity contribution in [3.8, 4) is 0 Å². The highest BCUT2D eigenvalue weighted by Gasteiger charge is 2.14. The molecular formula is C12H18N2O2. The lowest BCUT2D eigenvalue weighted by atomic mass is 10.0. The molecule has 4 nitrogen and oxygen atoms in total. The van der Waals surface area contributed by atoms with E-state index in [1.54, 1.807) is 6.07 Å². The third-order valence-electron chi connectivity index (χ3n) is 2.66. The maximum absolute atomic E-state index is 10.7. The maximum Gasteiger partial charge on any atom is 0.354 e. The van der Waals surface area contributed by atoms with Gasteiger partial charge in [0.05, 0.1) is 5.69 Å². The number of pyridine rings is 1. The molecule has 0 bridgehead atoms. The minimum atomic E-state index is -0.989. The van der Waals surface area contributed by atoms with Gasteiger partial charge in [-0.15, -0.1) is 0 Å². The lowest BCUT2D eigenvalue weighted by molar-refractivity contribution is 0.0690. The monoisotopic (exact) mass is 222 g/mol. The summed E-state index contributed by atoms with van der Waals surface area (Å²) in [6.45, 7) is 6.90. The third kappa shape index (κ3) is 3.62. The molecule has 0 fully saturated rings. The number of nitrogens with one attached hydrogen (secondary N) is 1. The van der Waals surface area contributed by atoms with Crippen LogP contribution in [0.1, 0.15) is 43.4 Å². The van der Waals surface area contributed by atoms with Crippen LogP contribution < -0.4 is 5.32 Å². The van der Waals surface area contributed by atoms with Crippen LogP contribution in [0.3, 0.4) is 0 Å². The zero-order chi connectivity index (χ0) is 12.2. The van der Waals surface area contributed by atoms with E-state index in [0.29, 0.717) is 6.54 Å². The average molecular weight is 222 g/mol. The van der Waals surface area contributed by atoms with Gasteiger partial charge >= 0.3 is 5.97 Å². The Balaban J connectivity index is 2.68. The summed E-state index contributed by atoms with van der Waals surface area (Å²) < 4.78 is 0. The number of aromatic nitrogens is 1. The Labute approximate surface area is 95.7 Å². The SMILES string of the molecule is CCC(C)(C)NCc1cccc(C(=O)O)n1. The Morgan fingerprint density at radius 1 is 1.50 bits per heavy atom.